The van der Waals surface area contributed by atoms with Crippen LogP contribution in [-0.2, 0) is 23.7 Å². The molecule has 6 heteroatoms. The molecule has 1 saturated carbocycles. The lowest BCUT2D eigenvalue weighted by atomic mass is 9.84. The second kappa shape index (κ2) is 6.63. The number of rotatable bonds is 5. The van der Waals surface area contributed by atoms with Gasteiger partial charge in [-0.15, -0.1) is 0 Å². The molecule has 1 aliphatic carbocycles. The Morgan fingerprint density at radius 2 is 0.765 bits per heavy atom. The molecule has 0 aromatic rings. The predicted octanol–water partition coefficient (Wildman–Crippen LogP) is -0.564. The third kappa shape index (κ3) is 2.62. The molecule has 2 unspecified atom stereocenters. The number of hydrogen-bond acceptors (Lipinski definition) is 6. The maximum absolute atomic E-state index is 10.2. The molecule has 0 aromatic heterocycles. The monoisotopic (exact) mass is 250 g/mol. The maximum atomic E-state index is 10.2. The Labute approximate surface area is 102 Å². The van der Waals surface area contributed by atoms with E-state index in [-0.39, 0.29) is 6.10 Å². The van der Waals surface area contributed by atoms with E-state index in [1.807, 2.05) is 0 Å². The van der Waals surface area contributed by atoms with E-state index in [2.05, 4.69) is 0 Å². The van der Waals surface area contributed by atoms with Crippen LogP contribution in [0.15, 0.2) is 0 Å². The smallest absolute Gasteiger partial charge is 0.115 e. The first-order valence-electron chi connectivity index (χ1n) is 5.48. The van der Waals surface area contributed by atoms with Crippen LogP contribution in [0.5, 0.6) is 0 Å². The normalized spacial score (nSPS) is 42.7. The van der Waals surface area contributed by atoms with Gasteiger partial charge in [0, 0.05) is 35.5 Å². The summed E-state index contributed by atoms with van der Waals surface area (Å²) in [5.74, 6) is 0. The molecule has 0 bridgehead atoms. The molecule has 0 amide bonds. The van der Waals surface area contributed by atoms with Crippen molar-refractivity contribution in [3.63, 3.8) is 0 Å². The zero-order valence-electron chi connectivity index (χ0n) is 11.0. The van der Waals surface area contributed by atoms with Crippen LogP contribution in [0.3, 0.4) is 0 Å². The van der Waals surface area contributed by atoms with Crippen molar-refractivity contribution in [3.05, 3.63) is 0 Å². The van der Waals surface area contributed by atoms with Gasteiger partial charge in [0.1, 0.15) is 36.6 Å². The molecule has 0 spiro atoms. The molecular formula is C11H22O6. The van der Waals surface area contributed by atoms with E-state index in [1.165, 1.54) is 14.2 Å². The average Bonchev–Trinajstić information content (AvgIpc) is 2.36. The average molecular weight is 250 g/mol. The van der Waals surface area contributed by atoms with Gasteiger partial charge in [0.25, 0.3) is 0 Å². The van der Waals surface area contributed by atoms with Crippen molar-refractivity contribution in [2.24, 2.45) is 0 Å². The van der Waals surface area contributed by atoms with Crippen LogP contribution in [0.1, 0.15) is 0 Å². The zero-order valence-corrected chi connectivity index (χ0v) is 11.0. The Morgan fingerprint density at radius 3 is 1.00 bits per heavy atom. The fourth-order valence-electron chi connectivity index (χ4n) is 2.49. The Morgan fingerprint density at radius 1 is 0.529 bits per heavy atom. The van der Waals surface area contributed by atoms with Crippen LogP contribution in [0.25, 0.3) is 0 Å². The summed E-state index contributed by atoms with van der Waals surface area (Å²) in [6.07, 6.45) is -3.02. The van der Waals surface area contributed by atoms with E-state index >= 15 is 0 Å². The molecule has 102 valence electrons. The number of hydrogen-bond donors (Lipinski definition) is 1. The van der Waals surface area contributed by atoms with Gasteiger partial charge in [0.15, 0.2) is 0 Å². The van der Waals surface area contributed by atoms with Crippen LogP contribution in [0.4, 0.5) is 0 Å². The quantitative estimate of drug-likeness (QED) is 0.705. The van der Waals surface area contributed by atoms with Gasteiger partial charge in [-0.05, 0) is 0 Å². The summed E-state index contributed by atoms with van der Waals surface area (Å²) in [7, 11) is 7.71. The van der Waals surface area contributed by atoms with Crippen molar-refractivity contribution in [1.29, 1.82) is 0 Å². The lowest BCUT2D eigenvalue weighted by Gasteiger charge is -2.46. The van der Waals surface area contributed by atoms with Gasteiger partial charge in [-0.25, -0.2) is 0 Å². The van der Waals surface area contributed by atoms with Gasteiger partial charge < -0.3 is 28.8 Å². The summed E-state index contributed by atoms with van der Waals surface area (Å²) >= 11 is 0. The minimum absolute atomic E-state index is 0.358. The number of aliphatic hydroxyl groups excluding tert-OH is 1. The molecule has 1 aliphatic rings. The standard InChI is InChI=1S/C11H22O6/c1-13-7-6(12)8(14-2)10(16-4)11(17-5)9(7)15-3/h6-12H,1-5H3/t6?,7-,8+,9+,10-,11?. The van der Waals surface area contributed by atoms with Crippen molar-refractivity contribution in [3.8, 4) is 0 Å². The van der Waals surface area contributed by atoms with Crippen LogP contribution >= 0.6 is 0 Å². The van der Waals surface area contributed by atoms with Gasteiger partial charge in [-0.2, -0.15) is 0 Å². The van der Waals surface area contributed by atoms with Crippen molar-refractivity contribution in [2.45, 2.75) is 36.6 Å². The van der Waals surface area contributed by atoms with E-state index in [4.69, 9.17) is 23.7 Å². The fourth-order valence-corrected chi connectivity index (χ4v) is 2.49. The molecule has 0 heterocycles. The number of ether oxygens (including phenoxy) is 5. The molecule has 6 nitrogen and oxygen atoms in total. The first-order valence-corrected chi connectivity index (χ1v) is 5.48. The van der Waals surface area contributed by atoms with Gasteiger partial charge in [-0.3, -0.25) is 0 Å². The second-order valence-corrected chi connectivity index (χ2v) is 3.99. The third-order valence-electron chi connectivity index (χ3n) is 3.33. The molecule has 0 saturated heterocycles. The molecule has 17 heavy (non-hydrogen) atoms. The SMILES string of the molecule is COC1[C@@H](OC)[C@H](OC)C(O)[C@H](OC)[C@H]1OC. The highest BCUT2D eigenvalue weighted by Gasteiger charge is 2.52. The molecule has 0 aromatic carbocycles. The summed E-state index contributed by atoms with van der Waals surface area (Å²) in [4.78, 5) is 0. The Hall–Kier alpha value is -0.240. The minimum Gasteiger partial charge on any atom is -0.387 e. The summed E-state index contributed by atoms with van der Waals surface area (Å²) < 4.78 is 26.6. The van der Waals surface area contributed by atoms with Crippen molar-refractivity contribution < 1.29 is 28.8 Å². The van der Waals surface area contributed by atoms with Gasteiger partial charge in [0.05, 0.1) is 0 Å². The van der Waals surface area contributed by atoms with E-state index in [0.29, 0.717) is 0 Å². The van der Waals surface area contributed by atoms with Crippen molar-refractivity contribution in [1.82, 2.24) is 0 Å². The fraction of sp³-hybridized carbons (Fsp3) is 1.00. The lowest BCUT2D eigenvalue weighted by Crippen LogP contribution is -2.66. The van der Waals surface area contributed by atoms with Gasteiger partial charge in [0.2, 0.25) is 0 Å². The Kier molecular flexibility index (Phi) is 5.78. The van der Waals surface area contributed by atoms with E-state index in [1.54, 1.807) is 21.3 Å². The largest absolute Gasteiger partial charge is 0.387 e. The summed E-state index contributed by atoms with van der Waals surface area (Å²) in [6.45, 7) is 0. The molecule has 1 rings (SSSR count). The van der Waals surface area contributed by atoms with Crippen LogP contribution in [0, 0.1) is 0 Å². The minimum atomic E-state index is -0.828. The third-order valence-corrected chi connectivity index (χ3v) is 3.33. The van der Waals surface area contributed by atoms with Crippen LogP contribution < -0.4 is 0 Å². The van der Waals surface area contributed by atoms with Crippen molar-refractivity contribution in [2.75, 3.05) is 35.5 Å². The molecular weight excluding hydrogens is 228 g/mol. The number of methoxy groups -OCH3 is 5. The van der Waals surface area contributed by atoms with E-state index in [9.17, 15) is 5.11 Å². The predicted molar refractivity (Wildman–Crippen MR) is 60.0 cm³/mol. The summed E-state index contributed by atoms with van der Waals surface area (Å²) in [5, 5.41) is 10.2. The number of aliphatic hydroxyl groups is 1. The van der Waals surface area contributed by atoms with Gasteiger partial charge >= 0.3 is 0 Å². The van der Waals surface area contributed by atoms with Crippen molar-refractivity contribution >= 4 is 0 Å². The summed E-state index contributed by atoms with van der Waals surface area (Å²) in [6, 6.07) is 0. The highest BCUT2D eigenvalue weighted by molar-refractivity contribution is 5.02. The van der Waals surface area contributed by atoms with Gasteiger partial charge in [-0.1, -0.05) is 0 Å². The molecule has 0 aliphatic heterocycles. The zero-order chi connectivity index (χ0) is 13.0. The highest BCUT2D eigenvalue weighted by Crippen LogP contribution is 2.30. The van der Waals surface area contributed by atoms with E-state index < -0.39 is 30.5 Å². The first kappa shape index (κ1) is 14.8. The molecule has 0 radical (unpaired) electrons. The molecule has 1 fully saturated rings. The topological polar surface area (TPSA) is 66.4 Å². The maximum Gasteiger partial charge on any atom is 0.115 e. The molecule has 1 N–H and O–H groups in total. The van der Waals surface area contributed by atoms with Crippen LogP contribution in [-0.4, -0.2) is 77.3 Å². The highest BCUT2D eigenvalue weighted by atomic mass is 16.6. The lowest BCUT2D eigenvalue weighted by molar-refractivity contribution is -0.252. The molecule has 6 atom stereocenters. The Bertz CT molecular complexity index is 204. The second-order valence-electron chi connectivity index (χ2n) is 3.99. The summed E-state index contributed by atoms with van der Waals surface area (Å²) in [5.41, 5.74) is 0. The first-order chi connectivity index (χ1) is 8.15. The van der Waals surface area contributed by atoms with E-state index in [0.717, 1.165) is 0 Å². The Balaban J connectivity index is 2.99. The van der Waals surface area contributed by atoms with Crippen LogP contribution in [0.2, 0.25) is 0 Å².